The molecule has 96 valence electrons. The second-order valence-corrected chi connectivity index (χ2v) is 3.59. The van der Waals surface area contributed by atoms with Crippen molar-refractivity contribution in [2.45, 2.75) is 18.9 Å². The number of aromatic nitrogens is 1. The number of nitrogens with zero attached hydrogens (tertiary/aromatic N) is 1. The maximum absolute atomic E-state index is 11.5. The molecule has 1 aromatic heterocycles. The van der Waals surface area contributed by atoms with Gasteiger partial charge in [-0.1, -0.05) is 0 Å². The minimum Gasteiger partial charge on any atom is -0.481 e. The smallest absolute Gasteiger partial charge is 0.326 e. The second-order valence-electron chi connectivity index (χ2n) is 3.59. The second kappa shape index (κ2) is 6.33. The highest BCUT2D eigenvalue weighted by Gasteiger charge is 2.22. The molecule has 7 heteroatoms. The Morgan fingerprint density at radius 2 is 1.83 bits per heavy atom. The number of hydrogen-bond acceptors (Lipinski definition) is 4. The number of amides is 1. The van der Waals surface area contributed by atoms with Gasteiger partial charge in [0.25, 0.3) is 0 Å². The lowest BCUT2D eigenvalue weighted by Gasteiger charge is -2.12. The summed E-state index contributed by atoms with van der Waals surface area (Å²) in [4.78, 5) is 36.5. The van der Waals surface area contributed by atoms with Crippen LogP contribution in [-0.2, 0) is 20.8 Å². The quantitative estimate of drug-likeness (QED) is 0.638. The van der Waals surface area contributed by atoms with Crippen molar-refractivity contribution in [1.82, 2.24) is 10.3 Å². The molecule has 0 bridgehead atoms. The fourth-order valence-electron chi connectivity index (χ4n) is 1.31. The number of aliphatic carboxylic acids is 2. The zero-order valence-corrected chi connectivity index (χ0v) is 9.37. The highest BCUT2D eigenvalue weighted by Crippen LogP contribution is 1.99. The summed E-state index contributed by atoms with van der Waals surface area (Å²) in [6.07, 6.45) is 2.34. The summed E-state index contributed by atoms with van der Waals surface area (Å²) in [5.74, 6) is -3.21. The summed E-state index contributed by atoms with van der Waals surface area (Å²) in [6, 6.07) is 1.82. The van der Waals surface area contributed by atoms with Gasteiger partial charge in [-0.15, -0.1) is 0 Å². The summed E-state index contributed by atoms with van der Waals surface area (Å²) in [7, 11) is 0. The van der Waals surface area contributed by atoms with Crippen LogP contribution in [0.15, 0.2) is 24.5 Å². The van der Waals surface area contributed by atoms with Crippen molar-refractivity contribution in [3.8, 4) is 0 Å². The van der Waals surface area contributed by atoms with Gasteiger partial charge < -0.3 is 15.5 Å². The van der Waals surface area contributed by atoms with Crippen LogP contribution in [0.25, 0.3) is 0 Å². The minimum absolute atomic E-state index is 0.0219. The molecule has 0 saturated carbocycles. The van der Waals surface area contributed by atoms with E-state index in [-0.39, 0.29) is 6.42 Å². The molecule has 1 heterocycles. The van der Waals surface area contributed by atoms with Gasteiger partial charge in [0, 0.05) is 12.4 Å². The standard InChI is InChI=1S/C11H12N2O5/c14-9(5-7-1-3-12-4-2-7)13-8(11(17)18)6-10(15)16/h1-4,8H,5-6H2,(H,13,14)(H,15,16)(H,17,18). The maximum atomic E-state index is 11.5. The van der Waals surface area contributed by atoms with E-state index < -0.39 is 30.3 Å². The van der Waals surface area contributed by atoms with Crippen LogP contribution in [0.3, 0.4) is 0 Å². The molecule has 7 nitrogen and oxygen atoms in total. The van der Waals surface area contributed by atoms with Crippen molar-refractivity contribution in [2.75, 3.05) is 0 Å². The molecule has 0 fully saturated rings. The van der Waals surface area contributed by atoms with Gasteiger partial charge in [0.1, 0.15) is 6.04 Å². The molecule has 0 aliphatic heterocycles. The monoisotopic (exact) mass is 252 g/mol. The molecule has 3 N–H and O–H groups in total. The largest absolute Gasteiger partial charge is 0.481 e. The number of nitrogens with one attached hydrogen (secondary N) is 1. The number of carboxylic acids is 2. The highest BCUT2D eigenvalue weighted by molar-refractivity contribution is 5.87. The van der Waals surface area contributed by atoms with E-state index in [9.17, 15) is 14.4 Å². The Hall–Kier alpha value is -2.44. The van der Waals surface area contributed by atoms with Crippen LogP contribution in [0.2, 0.25) is 0 Å². The van der Waals surface area contributed by atoms with Crippen LogP contribution in [-0.4, -0.2) is 39.1 Å². The van der Waals surface area contributed by atoms with E-state index in [1.165, 1.54) is 12.4 Å². The molecule has 0 aliphatic rings. The lowest BCUT2D eigenvalue weighted by atomic mass is 10.1. The van der Waals surface area contributed by atoms with Crippen molar-refractivity contribution in [3.63, 3.8) is 0 Å². The van der Waals surface area contributed by atoms with Gasteiger partial charge in [0.05, 0.1) is 12.8 Å². The molecule has 18 heavy (non-hydrogen) atoms. The topological polar surface area (TPSA) is 117 Å². The van der Waals surface area contributed by atoms with Crippen molar-refractivity contribution in [3.05, 3.63) is 30.1 Å². The van der Waals surface area contributed by atoms with Crippen LogP contribution in [0.4, 0.5) is 0 Å². The number of carbonyl (C=O) groups is 3. The Labute approximate surface area is 102 Å². The number of pyridine rings is 1. The Balaban J connectivity index is 2.56. The Morgan fingerprint density at radius 1 is 1.22 bits per heavy atom. The fourth-order valence-corrected chi connectivity index (χ4v) is 1.31. The zero-order chi connectivity index (χ0) is 13.5. The molecule has 0 spiro atoms. The number of carboxylic acid groups (broad SMARTS) is 2. The first-order valence-corrected chi connectivity index (χ1v) is 5.12. The molecular weight excluding hydrogens is 240 g/mol. The van der Waals surface area contributed by atoms with E-state index in [4.69, 9.17) is 10.2 Å². The minimum atomic E-state index is -1.42. The molecular formula is C11H12N2O5. The van der Waals surface area contributed by atoms with Crippen molar-refractivity contribution >= 4 is 17.8 Å². The highest BCUT2D eigenvalue weighted by atomic mass is 16.4. The van der Waals surface area contributed by atoms with Gasteiger partial charge in [-0.3, -0.25) is 14.6 Å². The maximum Gasteiger partial charge on any atom is 0.326 e. The third kappa shape index (κ3) is 4.60. The van der Waals surface area contributed by atoms with Gasteiger partial charge >= 0.3 is 11.9 Å². The molecule has 1 aromatic rings. The Morgan fingerprint density at radius 3 is 2.33 bits per heavy atom. The summed E-state index contributed by atoms with van der Waals surface area (Å²) >= 11 is 0. The van der Waals surface area contributed by atoms with E-state index in [2.05, 4.69) is 10.3 Å². The molecule has 1 atom stereocenters. The number of hydrogen-bond donors (Lipinski definition) is 3. The lowest BCUT2D eigenvalue weighted by molar-refractivity contribution is -0.147. The van der Waals surface area contributed by atoms with Crippen molar-refractivity contribution in [2.24, 2.45) is 0 Å². The first-order chi connectivity index (χ1) is 8.49. The molecule has 1 amide bonds. The van der Waals surface area contributed by atoms with Gasteiger partial charge in [0.2, 0.25) is 5.91 Å². The lowest BCUT2D eigenvalue weighted by Crippen LogP contribution is -2.42. The zero-order valence-electron chi connectivity index (χ0n) is 9.37. The van der Waals surface area contributed by atoms with Gasteiger partial charge in [-0.25, -0.2) is 4.79 Å². The molecule has 0 saturated heterocycles. The van der Waals surface area contributed by atoms with Gasteiger partial charge in [-0.2, -0.15) is 0 Å². The first kappa shape index (κ1) is 13.6. The van der Waals surface area contributed by atoms with E-state index in [1.54, 1.807) is 12.1 Å². The number of rotatable bonds is 6. The normalized spacial score (nSPS) is 11.6. The Bertz CT molecular complexity index is 446. The molecule has 1 unspecified atom stereocenters. The average Bonchev–Trinajstić information content (AvgIpc) is 2.28. The van der Waals surface area contributed by atoms with Crippen LogP contribution in [0.1, 0.15) is 12.0 Å². The molecule has 0 radical (unpaired) electrons. The van der Waals surface area contributed by atoms with Crippen LogP contribution in [0.5, 0.6) is 0 Å². The van der Waals surface area contributed by atoms with Gasteiger partial charge in [0.15, 0.2) is 0 Å². The average molecular weight is 252 g/mol. The molecule has 1 rings (SSSR count). The molecule has 0 aliphatic carbocycles. The van der Waals surface area contributed by atoms with E-state index in [0.29, 0.717) is 5.56 Å². The van der Waals surface area contributed by atoms with E-state index in [0.717, 1.165) is 0 Å². The first-order valence-electron chi connectivity index (χ1n) is 5.12. The summed E-state index contributed by atoms with van der Waals surface area (Å²) in [6.45, 7) is 0. The van der Waals surface area contributed by atoms with E-state index in [1.807, 2.05) is 0 Å². The van der Waals surface area contributed by atoms with Crippen LogP contribution in [0, 0.1) is 0 Å². The fraction of sp³-hybridized carbons (Fsp3) is 0.273. The third-order valence-electron chi connectivity index (χ3n) is 2.13. The van der Waals surface area contributed by atoms with E-state index >= 15 is 0 Å². The van der Waals surface area contributed by atoms with Crippen LogP contribution < -0.4 is 5.32 Å². The predicted molar refractivity (Wildman–Crippen MR) is 59.8 cm³/mol. The predicted octanol–water partition coefficient (Wildman–Crippen LogP) is -0.332. The Kier molecular flexibility index (Phi) is 4.79. The SMILES string of the molecule is O=C(O)CC(NC(=O)Cc1ccncc1)C(=O)O. The van der Waals surface area contributed by atoms with Gasteiger partial charge in [-0.05, 0) is 17.7 Å². The van der Waals surface area contributed by atoms with Crippen molar-refractivity contribution < 1.29 is 24.6 Å². The summed E-state index contributed by atoms with van der Waals surface area (Å²) in [5, 5.41) is 19.4. The summed E-state index contributed by atoms with van der Waals surface area (Å²) < 4.78 is 0. The third-order valence-corrected chi connectivity index (χ3v) is 2.13. The molecule has 0 aromatic carbocycles. The van der Waals surface area contributed by atoms with Crippen molar-refractivity contribution in [1.29, 1.82) is 0 Å². The number of carbonyl (C=O) groups excluding carboxylic acids is 1. The summed E-state index contributed by atoms with van der Waals surface area (Å²) in [5.41, 5.74) is 0.668. The van der Waals surface area contributed by atoms with Crippen LogP contribution >= 0.6 is 0 Å².